The van der Waals surface area contributed by atoms with Gasteiger partial charge in [0.2, 0.25) is 5.91 Å². The molecule has 6 nitrogen and oxygen atoms in total. The summed E-state index contributed by atoms with van der Waals surface area (Å²) in [5.41, 5.74) is 1.66. The molecular weight excluding hydrogens is 441 g/mol. The quantitative estimate of drug-likeness (QED) is 0.604. The lowest BCUT2D eigenvalue weighted by Gasteiger charge is -2.13. The molecule has 1 N–H and O–H groups in total. The molecule has 1 amide bonds. The zero-order valence-electron chi connectivity index (χ0n) is 14.1. The van der Waals surface area contributed by atoms with Gasteiger partial charge < -0.3 is 5.32 Å². The lowest BCUT2D eigenvalue weighted by atomic mass is 10.2. The molecule has 0 fully saturated rings. The van der Waals surface area contributed by atoms with E-state index in [1.807, 2.05) is 6.92 Å². The lowest BCUT2D eigenvalue weighted by Crippen LogP contribution is -2.25. The fraction of sp³-hybridized carbons (Fsp3) is 0.235. The van der Waals surface area contributed by atoms with Crippen LogP contribution in [0.2, 0.25) is 10.0 Å². The second-order valence-electron chi connectivity index (χ2n) is 5.79. The predicted octanol–water partition coefficient (Wildman–Crippen LogP) is 4.71. The molecule has 2 heterocycles. The van der Waals surface area contributed by atoms with E-state index >= 15 is 0 Å². The van der Waals surface area contributed by atoms with Crippen molar-refractivity contribution in [3.05, 3.63) is 62.4 Å². The zero-order valence-corrected chi connectivity index (χ0v) is 17.2. The van der Waals surface area contributed by atoms with Gasteiger partial charge in [0.1, 0.15) is 6.04 Å². The van der Waals surface area contributed by atoms with Gasteiger partial charge in [-0.2, -0.15) is 10.2 Å². The number of aromatic nitrogens is 4. The number of hydrogen-bond acceptors (Lipinski definition) is 3. The van der Waals surface area contributed by atoms with E-state index < -0.39 is 6.04 Å². The molecule has 0 aliphatic carbocycles. The van der Waals surface area contributed by atoms with Crippen LogP contribution in [0.1, 0.15) is 24.2 Å². The average molecular weight is 457 g/mol. The maximum absolute atomic E-state index is 12.5. The van der Waals surface area contributed by atoms with Crippen molar-refractivity contribution in [2.75, 3.05) is 5.32 Å². The summed E-state index contributed by atoms with van der Waals surface area (Å²) >= 11 is 15.8. The van der Waals surface area contributed by atoms with E-state index in [1.165, 1.54) is 0 Å². The van der Waals surface area contributed by atoms with Crippen LogP contribution in [0, 0.1) is 6.92 Å². The molecule has 136 valence electrons. The van der Waals surface area contributed by atoms with Crippen molar-refractivity contribution >= 4 is 50.9 Å². The molecular formula is C17H16BrCl2N5O. The average Bonchev–Trinajstić information content (AvgIpc) is 3.18. The van der Waals surface area contributed by atoms with Gasteiger partial charge in [-0.15, -0.1) is 0 Å². The highest BCUT2D eigenvalue weighted by atomic mass is 79.9. The molecule has 0 bridgehead atoms. The fourth-order valence-electron chi connectivity index (χ4n) is 2.50. The minimum absolute atomic E-state index is 0.204. The number of benzene rings is 1. The summed E-state index contributed by atoms with van der Waals surface area (Å²) in [7, 11) is 0. The van der Waals surface area contributed by atoms with Crippen LogP contribution in [0.25, 0.3) is 0 Å². The number of anilines is 1. The molecule has 2 aromatic heterocycles. The van der Waals surface area contributed by atoms with Gasteiger partial charge in [-0.3, -0.25) is 14.2 Å². The molecule has 3 rings (SSSR count). The minimum atomic E-state index is -0.468. The number of hydrogen-bond donors (Lipinski definition) is 1. The first-order chi connectivity index (χ1) is 12.4. The van der Waals surface area contributed by atoms with Crippen molar-refractivity contribution in [2.24, 2.45) is 0 Å². The SMILES string of the molecule is Cc1c(Br)cnn1C(C)C(=O)Nc1ccn(Cc2c(Cl)cccc2Cl)n1. The highest BCUT2D eigenvalue weighted by Crippen LogP contribution is 2.25. The van der Waals surface area contributed by atoms with Crippen molar-refractivity contribution in [1.29, 1.82) is 0 Å². The first kappa shape index (κ1) is 18.9. The number of rotatable bonds is 5. The monoisotopic (exact) mass is 455 g/mol. The number of halogens is 3. The van der Waals surface area contributed by atoms with Crippen molar-refractivity contribution in [2.45, 2.75) is 26.4 Å². The summed E-state index contributed by atoms with van der Waals surface area (Å²) < 4.78 is 4.18. The molecule has 1 aromatic carbocycles. The Balaban J connectivity index is 1.70. The molecule has 1 atom stereocenters. The minimum Gasteiger partial charge on any atom is -0.307 e. The van der Waals surface area contributed by atoms with E-state index in [-0.39, 0.29) is 5.91 Å². The molecule has 0 spiro atoms. The summed E-state index contributed by atoms with van der Waals surface area (Å²) in [6.45, 7) is 4.08. The molecule has 0 radical (unpaired) electrons. The Bertz CT molecular complexity index is 932. The highest BCUT2D eigenvalue weighted by molar-refractivity contribution is 9.10. The number of amides is 1. The van der Waals surface area contributed by atoms with Gasteiger partial charge in [0.15, 0.2) is 5.82 Å². The molecule has 1 unspecified atom stereocenters. The largest absolute Gasteiger partial charge is 0.307 e. The molecule has 0 saturated heterocycles. The fourth-order valence-corrected chi connectivity index (χ4v) is 3.29. The summed E-state index contributed by atoms with van der Waals surface area (Å²) in [5.74, 6) is 0.249. The van der Waals surface area contributed by atoms with Crippen molar-refractivity contribution in [3.63, 3.8) is 0 Å². The van der Waals surface area contributed by atoms with Gasteiger partial charge in [-0.25, -0.2) is 0 Å². The molecule has 3 aromatic rings. The Hall–Kier alpha value is -1.83. The van der Waals surface area contributed by atoms with Crippen LogP contribution in [0.3, 0.4) is 0 Å². The van der Waals surface area contributed by atoms with Crippen LogP contribution >= 0.6 is 39.1 Å². The van der Waals surface area contributed by atoms with E-state index in [9.17, 15) is 4.79 Å². The van der Waals surface area contributed by atoms with Crippen LogP contribution in [-0.2, 0) is 11.3 Å². The van der Waals surface area contributed by atoms with Gasteiger partial charge >= 0.3 is 0 Å². The first-order valence-electron chi connectivity index (χ1n) is 7.83. The third kappa shape index (κ3) is 3.95. The van der Waals surface area contributed by atoms with E-state index in [2.05, 4.69) is 31.4 Å². The van der Waals surface area contributed by atoms with Gasteiger partial charge in [-0.05, 0) is 41.9 Å². The zero-order chi connectivity index (χ0) is 18.8. The Morgan fingerprint density at radius 2 is 2.00 bits per heavy atom. The van der Waals surface area contributed by atoms with Crippen molar-refractivity contribution in [3.8, 4) is 0 Å². The summed E-state index contributed by atoms with van der Waals surface area (Å²) in [6, 6.07) is 6.60. The van der Waals surface area contributed by atoms with Crippen LogP contribution in [0.5, 0.6) is 0 Å². The van der Waals surface area contributed by atoms with E-state index in [1.54, 1.807) is 52.9 Å². The van der Waals surface area contributed by atoms with E-state index in [0.717, 1.165) is 15.7 Å². The molecule has 0 saturated carbocycles. The molecule has 9 heteroatoms. The maximum Gasteiger partial charge on any atom is 0.250 e. The van der Waals surface area contributed by atoms with Crippen LogP contribution in [0.4, 0.5) is 5.82 Å². The van der Waals surface area contributed by atoms with Gasteiger partial charge in [0, 0.05) is 27.9 Å². The summed E-state index contributed by atoms with van der Waals surface area (Å²) in [6.07, 6.45) is 3.43. The van der Waals surface area contributed by atoms with Gasteiger partial charge in [-0.1, -0.05) is 29.3 Å². The molecule has 26 heavy (non-hydrogen) atoms. The topological polar surface area (TPSA) is 64.7 Å². The molecule has 0 aliphatic rings. The number of carbonyl (C=O) groups is 1. The van der Waals surface area contributed by atoms with Gasteiger partial charge in [0.05, 0.1) is 22.9 Å². The normalized spacial score (nSPS) is 12.2. The van der Waals surface area contributed by atoms with Crippen LogP contribution in [0.15, 0.2) is 41.1 Å². The Labute approximate surface area is 169 Å². The smallest absolute Gasteiger partial charge is 0.250 e. The molecule has 0 aliphatic heterocycles. The third-order valence-electron chi connectivity index (χ3n) is 4.00. The standard InChI is InChI=1S/C17H16BrCl2N5O/c1-10-13(18)8-21-25(10)11(2)17(26)22-16-6-7-24(23-16)9-12-14(19)4-3-5-15(12)20/h3-8,11H,9H2,1-2H3,(H,22,23,26). The number of nitrogens with one attached hydrogen (secondary N) is 1. The Morgan fingerprint density at radius 1 is 1.31 bits per heavy atom. The Morgan fingerprint density at radius 3 is 2.62 bits per heavy atom. The highest BCUT2D eigenvalue weighted by Gasteiger charge is 2.19. The number of nitrogens with zero attached hydrogens (tertiary/aromatic N) is 4. The van der Waals surface area contributed by atoms with Crippen LogP contribution in [-0.4, -0.2) is 25.5 Å². The first-order valence-corrected chi connectivity index (χ1v) is 9.38. The van der Waals surface area contributed by atoms with E-state index in [0.29, 0.717) is 22.4 Å². The van der Waals surface area contributed by atoms with Crippen molar-refractivity contribution < 1.29 is 4.79 Å². The lowest BCUT2D eigenvalue weighted by molar-refractivity contribution is -0.119. The van der Waals surface area contributed by atoms with Crippen molar-refractivity contribution in [1.82, 2.24) is 19.6 Å². The number of carbonyl (C=O) groups excluding carboxylic acids is 1. The van der Waals surface area contributed by atoms with Gasteiger partial charge in [0.25, 0.3) is 0 Å². The van der Waals surface area contributed by atoms with Crippen LogP contribution < -0.4 is 5.32 Å². The predicted molar refractivity (Wildman–Crippen MR) is 106 cm³/mol. The van der Waals surface area contributed by atoms with E-state index in [4.69, 9.17) is 23.2 Å². The third-order valence-corrected chi connectivity index (χ3v) is 5.49. The second-order valence-corrected chi connectivity index (χ2v) is 7.46. The summed E-state index contributed by atoms with van der Waals surface area (Å²) in [5, 5.41) is 12.5. The second kappa shape index (κ2) is 7.82. The summed E-state index contributed by atoms with van der Waals surface area (Å²) in [4.78, 5) is 12.5. The Kier molecular flexibility index (Phi) is 5.70. The maximum atomic E-state index is 12.5.